The molecule has 0 aliphatic carbocycles. The number of carbonyl (C=O) groups is 2. The fourth-order valence-electron chi connectivity index (χ4n) is 2.68. The maximum Gasteiger partial charge on any atom is 0.243 e. The molecule has 0 aliphatic rings. The number of ketones is 1. The van der Waals surface area contributed by atoms with E-state index in [1.54, 1.807) is 5.48 Å². The van der Waals surface area contributed by atoms with Gasteiger partial charge in [0.15, 0.2) is 5.78 Å². The number of anilines is 1. The van der Waals surface area contributed by atoms with Gasteiger partial charge in [0.05, 0.1) is 0 Å². The number of hydroxylamine groups is 1. The molecule has 0 aromatic heterocycles. The van der Waals surface area contributed by atoms with Gasteiger partial charge in [0.25, 0.3) is 0 Å². The van der Waals surface area contributed by atoms with E-state index in [1.807, 2.05) is 55.4 Å². The predicted molar refractivity (Wildman–Crippen MR) is 91.0 cm³/mol. The first-order chi connectivity index (χ1) is 11.0. The summed E-state index contributed by atoms with van der Waals surface area (Å²) in [4.78, 5) is 25.5. The molecular weight excluding hydrogens is 292 g/mol. The Hall–Kier alpha value is -2.40. The van der Waals surface area contributed by atoms with Gasteiger partial charge >= 0.3 is 0 Å². The van der Waals surface area contributed by atoms with Crippen molar-refractivity contribution >= 4 is 28.2 Å². The van der Waals surface area contributed by atoms with Crippen molar-refractivity contribution in [3.8, 4) is 0 Å². The monoisotopic (exact) mass is 314 g/mol. The highest BCUT2D eigenvalue weighted by Gasteiger charge is 2.13. The number of Topliss-reactive ketones (excluding diaryl/α,β-unsaturated/α-hetero) is 1. The van der Waals surface area contributed by atoms with Crippen LogP contribution in [0.2, 0.25) is 0 Å². The zero-order valence-electron chi connectivity index (χ0n) is 13.5. The molecule has 0 saturated carbocycles. The van der Waals surface area contributed by atoms with Crippen LogP contribution in [0.15, 0.2) is 36.4 Å². The molecule has 0 aliphatic heterocycles. The van der Waals surface area contributed by atoms with Crippen molar-refractivity contribution in [3.63, 3.8) is 0 Å². The van der Waals surface area contributed by atoms with Crippen LogP contribution in [0.3, 0.4) is 0 Å². The highest BCUT2D eigenvalue weighted by Crippen LogP contribution is 2.29. The molecule has 5 nitrogen and oxygen atoms in total. The number of rotatable bonds is 7. The Balaban J connectivity index is 2.15. The summed E-state index contributed by atoms with van der Waals surface area (Å²) in [5.41, 5.74) is 3.40. The highest BCUT2D eigenvalue weighted by molar-refractivity contribution is 6.11. The van der Waals surface area contributed by atoms with Crippen molar-refractivity contribution in [3.05, 3.63) is 42.0 Å². The quantitative estimate of drug-likeness (QED) is 0.356. The molecule has 5 heteroatoms. The second-order valence-corrected chi connectivity index (χ2v) is 5.74. The van der Waals surface area contributed by atoms with Crippen LogP contribution in [0.5, 0.6) is 0 Å². The third-order valence-electron chi connectivity index (χ3n) is 3.87. The molecule has 122 valence electrons. The van der Waals surface area contributed by atoms with E-state index < -0.39 is 5.91 Å². The molecule has 0 bridgehead atoms. The van der Waals surface area contributed by atoms with Gasteiger partial charge in [0.1, 0.15) is 0 Å². The Morgan fingerprint density at radius 2 is 1.65 bits per heavy atom. The molecule has 2 aromatic carbocycles. The van der Waals surface area contributed by atoms with Gasteiger partial charge in [-0.3, -0.25) is 14.8 Å². The minimum absolute atomic E-state index is 0.0795. The molecular formula is C18H22N2O3. The standard InChI is InChI=1S/C18H22N2O3/c1-20(2)16-12-11-15(13-7-3-4-8-14(13)16)17(21)9-5-6-10-18(22)19-23/h3-4,7-8,11-12,23H,5-6,9-10H2,1-2H3,(H,19,22). The molecule has 0 radical (unpaired) electrons. The zero-order valence-corrected chi connectivity index (χ0v) is 13.5. The number of carbonyl (C=O) groups excluding carboxylic acids is 2. The van der Waals surface area contributed by atoms with Gasteiger partial charge in [-0.2, -0.15) is 0 Å². The lowest BCUT2D eigenvalue weighted by Gasteiger charge is -2.17. The Morgan fingerprint density at radius 1 is 1.00 bits per heavy atom. The predicted octanol–water partition coefficient (Wildman–Crippen LogP) is 3.15. The Bertz CT molecular complexity index is 710. The molecule has 0 saturated heterocycles. The smallest absolute Gasteiger partial charge is 0.243 e. The van der Waals surface area contributed by atoms with Crippen LogP contribution in [0.25, 0.3) is 10.8 Å². The van der Waals surface area contributed by atoms with E-state index in [-0.39, 0.29) is 12.2 Å². The lowest BCUT2D eigenvalue weighted by molar-refractivity contribution is -0.129. The maximum absolute atomic E-state index is 12.5. The van der Waals surface area contributed by atoms with Crippen LogP contribution in [0.1, 0.15) is 36.0 Å². The number of unbranched alkanes of at least 4 members (excludes halogenated alkanes) is 1. The van der Waals surface area contributed by atoms with Crippen LogP contribution in [-0.2, 0) is 4.79 Å². The highest BCUT2D eigenvalue weighted by atomic mass is 16.5. The Morgan fingerprint density at radius 3 is 2.30 bits per heavy atom. The fourth-order valence-corrected chi connectivity index (χ4v) is 2.68. The summed E-state index contributed by atoms with van der Waals surface area (Å²) in [7, 11) is 3.96. The molecule has 1 amide bonds. The normalized spacial score (nSPS) is 10.6. The first-order valence-corrected chi connectivity index (χ1v) is 7.70. The lowest BCUT2D eigenvalue weighted by Crippen LogP contribution is -2.17. The summed E-state index contributed by atoms with van der Waals surface area (Å²) in [5, 5.41) is 10.5. The van der Waals surface area contributed by atoms with Crippen LogP contribution in [0.4, 0.5) is 5.69 Å². The summed E-state index contributed by atoms with van der Waals surface area (Å²) in [5.74, 6) is -0.339. The number of fused-ring (bicyclic) bond motifs is 1. The minimum atomic E-state index is -0.418. The average Bonchev–Trinajstić information content (AvgIpc) is 2.56. The molecule has 0 spiro atoms. The average molecular weight is 314 g/mol. The summed E-state index contributed by atoms with van der Waals surface area (Å²) >= 11 is 0. The van der Waals surface area contributed by atoms with Gasteiger partial charge in [-0.05, 0) is 30.4 Å². The molecule has 0 unspecified atom stereocenters. The summed E-state index contributed by atoms with van der Waals surface area (Å²) < 4.78 is 0. The first kappa shape index (κ1) is 17.0. The summed E-state index contributed by atoms with van der Waals surface area (Å²) in [6.07, 6.45) is 1.82. The second kappa shape index (κ2) is 7.74. The van der Waals surface area contributed by atoms with Crippen molar-refractivity contribution in [2.24, 2.45) is 0 Å². The first-order valence-electron chi connectivity index (χ1n) is 7.70. The number of amides is 1. The van der Waals surface area contributed by atoms with Crippen molar-refractivity contribution in [1.82, 2.24) is 5.48 Å². The second-order valence-electron chi connectivity index (χ2n) is 5.74. The van der Waals surface area contributed by atoms with E-state index in [0.717, 1.165) is 22.0 Å². The van der Waals surface area contributed by atoms with E-state index in [2.05, 4.69) is 0 Å². The van der Waals surface area contributed by atoms with Crippen molar-refractivity contribution in [1.29, 1.82) is 0 Å². The SMILES string of the molecule is CN(C)c1ccc(C(=O)CCCCC(=O)NO)c2ccccc12. The molecule has 0 fully saturated rings. The van der Waals surface area contributed by atoms with Crippen LogP contribution in [-0.4, -0.2) is 31.0 Å². The molecule has 0 atom stereocenters. The lowest BCUT2D eigenvalue weighted by atomic mass is 9.97. The van der Waals surface area contributed by atoms with Crippen LogP contribution in [0, 0.1) is 0 Å². The van der Waals surface area contributed by atoms with Crippen LogP contribution < -0.4 is 10.4 Å². The Labute approximate surface area is 135 Å². The van der Waals surface area contributed by atoms with Gasteiger partial charge < -0.3 is 4.90 Å². The van der Waals surface area contributed by atoms with E-state index in [4.69, 9.17) is 5.21 Å². The van der Waals surface area contributed by atoms with Crippen molar-refractivity contribution in [2.75, 3.05) is 19.0 Å². The molecule has 2 N–H and O–H groups in total. The zero-order chi connectivity index (χ0) is 16.8. The summed E-state index contributed by atoms with van der Waals surface area (Å²) in [6.45, 7) is 0. The number of nitrogens with zero attached hydrogens (tertiary/aromatic N) is 1. The van der Waals surface area contributed by atoms with Gasteiger partial charge in [-0.1, -0.05) is 24.3 Å². The fraction of sp³-hybridized carbons (Fsp3) is 0.333. The molecule has 23 heavy (non-hydrogen) atoms. The van der Waals surface area contributed by atoms with Crippen molar-refractivity contribution in [2.45, 2.75) is 25.7 Å². The van der Waals surface area contributed by atoms with Gasteiger partial charge in [0, 0.05) is 43.6 Å². The van der Waals surface area contributed by atoms with E-state index in [9.17, 15) is 9.59 Å². The molecule has 2 aromatic rings. The molecule has 2 rings (SSSR count). The number of benzene rings is 2. The number of hydrogen-bond acceptors (Lipinski definition) is 4. The Kier molecular flexibility index (Phi) is 5.71. The minimum Gasteiger partial charge on any atom is -0.377 e. The maximum atomic E-state index is 12.5. The molecule has 0 heterocycles. The third-order valence-corrected chi connectivity index (χ3v) is 3.87. The number of nitrogens with one attached hydrogen (secondary N) is 1. The topological polar surface area (TPSA) is 69.6 Å². The van der Waals surface area contributed by atoms with Crippen molar-refractivity contribution < 1.29 is 14.8 Å². The van der Waals surface area contributed by atoms with Gasteiger partial charge in [0.2, 0.25) is 5.91 Å². The van der Waals surface area contributed by atoms with Gasteiger partial charge in [-0.25, -0.2) is 5.48 Å². The largest absolute Gasteiger partial charge is 0.377 e. The van der Waals surface area contributed by atoms with E-state index in [0.29, 0.717) is 19.3 Å². The van der Waals surface area contributed by atoms with Crippen LogP contribution >= 0.6 is 0 Å². The number of hydrogen-bond donors (Lipinski definition) is 2. The third kappa shape index (κ3) is 4.07. The van der Waals surface area contributed by atoms with E-state index >= 15 is 0 Å². The van der Waals surface area contributed by atoms with E-state index in [1.165, 1.54) is 0 Å². The van der Waals surface area contributed by atoms with Gasteiger partial charge in [-0.15, -0.1) is 0 Å². The summed E-state index contributed by atoms with van der Waals surface area (Å²) in [6, 6.07) is 11.7.